The number of fused-ring (bicyclic) bond motifs is 1. The summed E-state index contributed by atoms with van der Waals surface area (Å²) in [6.45, 7) is 4.14. The van der Waals surface area contributed by atoms with Crippen LogP contribution in [-0.4, -0.2) is 10.9 Å². The lowest BCUT2D eigenvalue weighted by Gasteiger charge is -2.21. The van der Waals surface area contributed by atoms with Gasteiger partial charge in [0.2, 0.25) is 0 Å². The van der Waals surface area contributed by atoms with E-state index < -0.39 is 0 Å². The number of amides is 1. The van der Waals surface area contributed by atoms with Crippen LogP contribution in [0.1, 0.15) is 53.7 Å². The predicted molar refractivity (Wildman–Crippen MR) is 103 cm³/mol. The Hall–Kier alpha value is -2.68. The van der Waals surface area contributed by atoms with Crippen molar-refractivity contribution in [3.05, 3.63) is 77.5 Å². The van der Waals surface area contributed by atoms with Gasteiger partial charge in [-0.3, -0.25) is 9.78 Å². The third-order valence-corrected chi connectivity index (χ3v) is 4.58. The van der Waals surface area contributed by atoms with E-state index in [0.717, 1.165) is 46.9 Å². The lowest BCUT2D eigenvalue weighted by molar-refractivity contribution is 0.0933. The summed E-state index contributed by atoms with van der Waals surface area (Å²) in [5, 5.41) is 4.34. The molecule has 25 heavy (non-hydrogen) atoms. The van der Waals surface area contributed by atoms with Crippen LogP contribution in [0.15, 0.2) is 60.8 Å². The van der Waals surface area contributed by atoms with Crippen LogP contribution in [0.5, 0.6) is 0 Å². The van der Waals surface area contributed by atoms with E-state index in [4.69, 9.17) is 0 Å². The SMILES string of the molecule is CCCC[C@H](NC(=O)c1ccccc1C)c1cccc2cccnc12. The Bertz CT molecular complexity index is 867. The summed E-state index contributed by atoms with van der Waals surface area (Å²) in [4.78, 5) is 17.4. The minimum atomic E-state index is -0.0364. The highest BCUT2D eigenvalue weighted by Gasteiger charge is 2.19. The van der Waals surface area contributed by atoms with Crippen molar-refractivity contribution in [1.29, 1.82) is 0 Å². The van der Waals surface area contributed by atoms with Gasteiger partial charge < -0.3 is 5.32 Å². The summed E-state index contributed by atoms with van der Waals surface area (Å²) < 4.78 is 0. The number of pyridine rings is 1. The van der Waals surface area contributed by atoms with Crippen LogP contribution in [-0.2, 0) is 0 Å². The van der Waals surface area contributed by atoms with Gasteiger partial charge in [0.15, 0.2) is 0 Å². The monoisotopic (exact) mass is 332 g/mol. The summed E-state index contributed by atoms with van der Waals surface area (Å²) in [6, 6.07) is 17.9. The molecule has 128 valence electrons. The molecule has 3 nitrogen and oxygen atoms in total. The smallest absolute Gasteiger partial charge is 0.252 e. The van der Waals surface area contributed by atoms with Crippen LogP contribution >= 0.6 is 0 Å². The zero-order valence-corrected chi connectivity index (χ0v) is 14.8. The van der Waals surface area contributed by atoms with Crippen LogP contribution < -0.4 is 5.32 Å². The molecular formula is C22H24N2O. The van der Waals surface area contributed by atoms with Gasteiger partial charge in [0.05, 0.1) is 11.6 Å². The van der Waals surface area contributed by atoms with E-state index in [2.05, 4.69) is 35.4 Å². The highest BCUT2D eigenvalue weighted by atomic mass is 16.1. The average Bonchev–Trinajstić information content (AvgIpc) is 2.65. The molecule has 0 fully saturated rings. The molecule has 1 atom stereocenters. The minimum Gasteiger partial charge on any atom is -0.345 e. The third kappa shape index (κ3) is 3.87. The molecule has 1 aromatic heterocycles. The van der Waals surface area contributed by atoms with Crippen LogP contribution in [0.4, 0.5) is 0 Å². The molecule has 2 aromatic carbocycles. The molecule has 0 radical (unpaired) electrons. The summed E-state index contributed by atoms with van der Waals surface area (Å²) in [5.74, 6) is -0.0212. The van der Waals surface area contributed by atoms with Crippen molar-refractivity contribution in [3.8, 4) is 0 Å². The number of aromatic nitrogens is 1. The Labute approximate surface area is 149 Å². The van der Waals surface area contributed by atoms with Gasteiger partial charge in [-0.2, -0.15) is 0 Å². The molecule has 0 spiro atoms. The maximum absolute atomic E-state index is 12.8. The first-order valence-electron chi connectivity index (χ1n) is 8.91. The quantitative estimate of drug-likeness (QED) is 0.673. The highest BCUT2D eigenvalue weighted by Crippen LogP contribution is 2.26. The van der Waals surface area contributed by atoms with Crippen molar-refractivity contribution in [3.63, 3.8) is 0 Å². The molecule has 0 bridgehead atoms. The van der Waals surface area contributed by atoms with Gasteiger partial charge in [-0.15, -0.1) is 0 Å². The molecule has 0 aliphatic rings. The predicted octanol–water partition coefficient (Wildman–Crippen LogP) is 5.20. The number of unbranched alkanes of at least 4 members (excludes halogenated alkanes) is 1. The van der Waals surface area contributed by atoms with Crippen LogP contribution in [0.3, 0.4) is 0 Å². The van der Waals surface area contributed by atoms with Gasteiger partial charge >= 0.3 is 0 Å². The van der Waals surface area contributed by atoms with Crippen LogP contribution in [0.2, 0.25) is 0 Å². The zero-order valence-electron chi connectivity index (χ0n) is 14.8. The Kier molecular flexibility index (Phi) is 5.44. The van der Waals surface area contributed by atoms with Crippen molar-refractivity contribution >= 4 is 16.8 Å². The number of benzene rings is 2. The van der Waals surface area contributed by atoms with Gasteiger partial charge in [-0.1, -0.05) is 62.2 Å². The lowest BCUT2D eigenvalue weighted by Crippen LogP contribution is -2.29. The molecule has 1 amide bonds. The number of para-hydroxylation sites is 1. The van der Waals surface area contributed by atoms with Crippen molar-refractivity contribution < 1.29 is 4.79 Å². The van der Waals surface area contributed by atoms with Crippen LogP contribution in [0, 0.1) is 6.92 Å². The molecule has 0 saturated carbocycles. The number of carbonyl (C=O) groups is 1. The van der Waals surface area contributed by atoms with Crippen molar-refractivity contribution in [2.45, 2.75) is 39.2 Å². The lowest BCUT2D eigenvalue weighted by atomic mass is 9.97. The summed E-state index contributed by atoms with van der Waals surface area (Å²) in [6.07, 6.45) is 4.87. The molecule has 1 heterocycles. The third-order valence-electron chi connectivity index (χ3n) is 4.58. The first-order chi connectivity index (χ1) is 12.2. The van der Waals surface area contributed by atoms with E-state index in [1.807, 2.05) is 49.5 Å². The second-order valence-electron chi connectivity index (χ2n) is 6.41. The van der Waals surface area contributed by atoms with Gasteiger partial charge in [-0.25, -0.2) is 0 Å². The summed E-state index contributed by atoms with van der Waals surface area (Å²) in [7, 11) is 0. The number of nitrogens with zero attached hydrogens (tertiary/aromatic N) is 1. The topological polar surface area (TPSA) is 42.0 Å². The fraction of sp³-hybridized carbons (Fsp3) is 0.273. The van der Waals surface area contributed by atoms with Gasteiger partial charge in [0.1, 0.15) is 0 Å². The van der Waals surface area contributed by atoms with Gasteiger partial charge in [0, 0.05) is 22.7 Å². The number of hydrogen-bond acceptors (Lipinski definition) is 2. The average molecular weight is 332 g/mol. The molecule has 1 N–H and O–H groups in total. The number of aryl methyl sites for hydroxylation is 1. The van der Waals surface area contributed by atoms with E-state index in [1.165, 1.54) is 0 Å². The summed E-state index contributed by atoms with van der Waals surface area (Å²) >= 11 is 0. The zero-order chi connectivity index (χ0) is 17.6. The van der Waals surface area contributed by atoms with E-state index >= 15 is 0 Å². The first kappa shape index (κ1) is 17.2. The molecule has 0 unspecified atom stereocenters. The fourth-order valence-electron chi connectivity index (χ4n) is 3.19. The number of carbonyl (C=O) groups excluding carboxylic acids is 1. The number of nitrogens with one attached hydrogen (secondary N) is 1. The molecule has 0 aliphatic carbocycles. The van der Waals surface area contributed by atoms with E-state index in [0.29, 0.717) is 0 Å². The normalized spacial score (nSPS) is 12.1. The number of hydrogen-bond donors (Lipinski definition) is 1. The highest BCUT2D eigenvalue weighted by molar-refractivity contribution is 5.96. The largest absolute Gasteiger partial charge is 0.345 e. The Morgan fingerprint density at radius 3 is 2.68 bits per heavy atom. The van der Waals surface area contributed by atoms with Crippen molar-refractivity contribution in [2.75, 3.05) is 0 Å². The van der Waals surface area contributed by atoms with E-state index in [9.17, 15) is 4.79 Å². The van der Waals surface area contributed by atoms with Gasteiger partial charge in [0.25, 0.3) is 5.91 Å². The fourth-order valence-corrected chi connectivity index (χ4v) is 3.19. The maximum atomic E-state index is 12.8. The molecule has 0 saturated heterocycles. The molecule has 3 heteroatoms. The van der Waals surface area contributed by atoms with E-state index in [1.54, 1.807) is 0 Å². The summed E-state index contributed by atoms with van der Waals surface area (Å²) in [5.41, 5.74) is 3.78. The Morgan fingerprint density at radius 1 is 1.08 bits per heavy atom. The van der Waals surface area contributed by atoms with Crippen molar-refractivity contribution in [1.82, 2.24) is 10.3 Å². The molecule has 3 rings (SSSR count). The standard InChI is InChI=1S/C22H24N2O/c1-3-4-14-20(24-22(25)18-12-6-5-9-16(18)2)19-13-7-10-17-11-8-15-23-21(17)19/h5-13,15,20H,3-4,14H2,1-2H3,(H,24,25)/t20-/m0/s1. The van der Waals surface area contributed by atoms with Crippen molar-refractivity contribution in [2.24, 2.45) is 0 Å². The Morgan fingerprint density at radius 2 is 1.88 bits per heavy atom. The second-order valence-corrected chi connectivity index (χ2v) is 6.41. The Balaban J connectivity index is 1.94. The molecule has 3 aromatic rings. The second kappa shape index (κ2) is 7.93. The maximum Gasteiger partial charge on any atom is 0.252 e. The van der Waals surface area contributed by atoms with Crippen LogP contribution in [0.25, 0.3) is 10.9 Å². The molecule has 0 aliphatic heterocycles. The van der Waals surface area contributed by atoms with E-state index in [-0.39, 0.29) is 11.9 Å². The number of rotatable bonds is 6. The van der Waals surface area contributed by atoms with Gasteiger partial charge in [-0.05, 0) is 31.0 Å². The minimum absolute atomic E-state index is 0.0212. The molecular weight excluding hydrogens is 308 g/mol. The first-order valence-corrected chi connectivity index (χ1v) is 8.91.